The Morgan fingerprint density at radius 3 is 2.72 bits per heavy atom. The lowest BCUT2D eigenvalue weighted by atomic mass is 10.2. The maximum atomic E-state index is 5.46. The van der Waals surface area contributed by atoms with Gasteiger partial charge in [0.1, 0.15) is 0 Å². The topological polar surface area (TPSA) is 33.7 Å². The molecule has 1 aliphatic carbocycles. The van der Waals surface area contributed by atoms with Gasteiger partial charge >= 0.3 is 0 Å². The van der Waals surface area contributed by atoms with Crippen LogP contribution in [0.5, 0.6) is 0 Å². The molecular weight excluding hydrogens is 228 g/mol. The van der Waals surface area contributed by atoms with Gasteiger partial charge in [-0.15, -0.1) is 0 Å². The fraction of sp³-hybridized carbons (Fsp3) is 1.00. The van der Waals surface area contributed by atoms with E-state index in [0.29, 0.717) is 6.61 Å². The van der Waals surface area contributed by atoms with Crippen molar-refractivity contribution in [2.24, 2.45) is 0 Å². The van der Waals surface area contributed by atoms with E-state index in [4.69, 9.17) is 9.47 Å². The summed E-state index contributed by atoms with van der Waals surface area (Å²) < 4.78 is 10.4. The summed E-state index contributed by atoms with van der Waals surface area (Å²) in [6.45, 7) is 6.07. The van der Waals surface area contributed by atoms with E-state index in [1.165, 1.54) is 51.7 Å². The molecule has 18 heavy (non-hydrogen) atoms. The van der Waals surface area contributed by atoms with Gasteiger partial charge < -0.3 is 19.7 Å². The van der Waals surface area contributed by atoms with Crippen LogP contribution in [0.2, 0.25) is 0 Å². The molecular formula is C14H28N2O2. The van der Waals surface area contributed by atoms with Crippen LogP contribution in [-0.2, 0) is 9.47 Å². The van der Waals surface area contributed by atoms with Gasteiger partial charge in [0.05, 0.1) is 13.2 Å². The van der Waals surface area contributed by atoms with Crippen LogP contribution in [0.15, 0.2) is 0 Å². The molecule has 0 bridgehead atoms. The van der Waals surface area contributed by atoms with Gasteiger partial charge in [-0.25, -0.2) is 0 Å². The molecule has 106 valence electrons. The molecule has 1 atom stereocenters. The number of methoxy groups -OCH3 is 1. The Morgan fingerprint density at radius 1 is 1.06 bits per heavy atom. The summed E-state index contributed by atoms with van der Waals surface area (Å²) in [6, 6.07) is 1.61. The zero-order chi connectivity index (χ0) is 12.6. The first kappa shape index (κ1) is 14.3. The second-order valence-electron chi connectivity index (χ2n) is 5.54. The molecule has 1 N–H and O–H groups in total. The monoisotopic (exact) mass is 256 g/mol. The highest BCUT2D eigenvalue weighted by Gasteiger charge is 2.28. The van der Waals surface area contributed by atoms with Gasteiger partial charge in [0.2, 0.25) is 0 Å². The smallest absolute Gasteiger partial charge is 0.0700 e. The lowest BCUT2D eigenvalue weighted by molar-refractivity contribution is 0.0679. The van der Waals surface area contributed by atoms with E-state index in [1.807, 2.05) is 0 Å². The Morgan fingerprint density at radius 2 is 1.94 bits per heavy atom. The minimum atomic E-state index is 0.709. The van der Waals surface area contributed by atoms with Crippen molar-refractivity contribution in [2.45, 2.75) is 44.2 Å². The lowest BCUT2D eigenvalue weighted by Gasteiger charge is -2.16. The van der Waals surface area contributed by atoms with Crippen LogP contribution in [-0.4, -0.2) is 63.5 Å². The fourth-order valence-electron chi connectivity index (χ4n) is 2.54. The predicted molar refractivity (Wildman–Crippen MR) is 72.9 cm³/mol. The van der Waals surface area contributed by atoms with Crippen LogP contribution >= 0.6 is 0 Å². The van der Waals surface area contributed by atoms with Gasteiger partial charge in [-0.3, -0.25) is 0 Å². The predicted octanol–water partition coefficient (Wildman–Crippen LogP) is 1.26. The van der Waals surface area contributed by atoms with E-state index in [2.05, 4.69) is 10.2 Å². The third kappa shape index (κ3) is 5.65. The molecule has 0 aromatic carbocycles. The van der Waals surface area contributed by atoms with Crippen molar-refractivity contribution in [3.05, 3.63) is 0 Å². The number of nitrogens with zero attached hydrogens (tertiary/aromatic N) is 1. The molecule has 0 amide bonds. The zero-order valence-electron chi connectivity index (χ0n) is 11.7. The van der Waals surface area contributed by atoms with E-state index in [9.17, 15) is 0 Å². The summed E-state index contributed by atoms with van der Waals surface area (Å²) in [6.07, 6.45) is 6.55. The van der Waals surface area contributed by atoms with Gasteiger partial charge in [0.25, 0.3) is 0 Å². The second-order valence-corrected chi connectivity index (χ2v) is 5.54. The first-order valence-electron chi connectivity index (χ1n) is 7.43. The van der Waals surface area contributed by atoms with Crippen molar-refractivity contribution in [1.82, 2.24) is 10.2 Å². The van der Waals surface area contributed by atoms with E-state index in [1.54, 1.807) is 7.11 Å². The third-order valence-corrected chi connectivity index (χ3v) is 3.77. The number of rotatable bonds is 10. The highest BCUT2D eigenvalue weighted by molar-refractivity contribution is 4.89. The molecule has 4 heteroatoms. The molecule has 2 fully saturated rings. The maximum Gasteiger partial charge on any atom is 0.0700 e. The van der Waals surface area contributed by atoms with Crippen molar-refractivity contribution in [3.63, 3.8) is 0 Å². The summed E-state index contributed by atoms with van der Waals surface area (Å²) >= 11 is 0. The standard InChI is InChI=1S/C14H28N2O2/c1-17-10-11-18-9-3-2-7-16-8-6-14(12-16)15-13-4-5-13/h13-15H,2-12H2,1H3. The Labute approximate surface area is 111 Å². The molecule has 1 heterocycles. The number of ether oxygens (including phenoxy) is 2. The van der Waals surface area contributed by atoms with Crippen LogP contribution in [0, 0.1) is 0 Å². The van der Waals surface area contributed by atoms with Crippen LogP contribution in [0.1, 0.15) is 32.1 Å². The van der Waals surface area contributed by atoms with Crippen molar-refractivity contribution >= 4 is 0 Å². The third-order valence-electron chi connectivity index (χ3n) is 3.77. The minimum Gasteiger partial charge on any atom is -0.382 e. The Balaban J connectivity index is 1.40. The van der Waals surface area contributed by atoms with E-state index >= 15 is 0 Å². The van der Waals surface area contributed by atoms with Crippen LogP contribution in [0.4, 0.5) is 0 Å². The molecule has 1 unspecified atom stereocenters. The molecule has 0 radical (unpaired) electrons. The molecule has 2 aliphatic rings. The summed E-state index contributed by atoms with van der Waals surface area (Å²) in [7, 11) is 1.71. The normalized spacial score (nSPS) is 24.8. The van der Waals surface area contributed by atoms with Gasteiger partial charge in [0, 0.05) is 32.3 Å². The molecule has 4 nitrogen and oxygen atoms in total. The Bertz CT molecular complexity index is 222. The minimum absolute atomic E-state index is 0.709. The number of likely N-dealkylation sites (tertiary alicyclic amines) is 1. The van der Waals surface area contributed by atoms with Crippen LogP contribution in [0.3, 0.4) is 0 Å². The summed E-state index contributed by atoms with van der Waals surface area (Å²) in [4.78, 5) is 2.59. The highest BCUT2D eigenvalue weighted by atomic mass is 16.5. The van der Waals surface area contributed by atoms with E-state index < -0.39 is 0 Å². The van der Waals surface area contributed by atoms with Crippen molar-refractivity contribution < 1.29 is 9.47 Å². The van der Waals surface area contributed by atoms with Crippen molar-refractivity contribution in [3.8, 4) is 0 Å². The molecule has 1 saturated carbocycles. The fourth-order valence-corrected chi connectivity index (χ4v) is 2.54. The highest BCUT2D eigenvalue weighted by Crippen LogP contribution is 2.21. The summed E-state index contributed by atoms with van der Waals surface area (Å²) in [5, 5.41) is 3.73. The Kier molecular flexibility index (Phi) is 6.41. The molecule has 0 aromatic rings. The van der Waals surface area contributed by atoms with Crippen LogP contribution in [0.25, 0.3) is 0 Å². The average Bonchev–Trinajstić information content (AvgIpc) is 3.07. The quantitative estimate of drug-likeness (QED) is 0.597. The molecule has 1 aliphatic heterocycles. The molecule has 0 aromatic heterocycles. The number of unbranched alkanes of at least 4 members (excludes halogenated alkanes) is 1. The van der Waals surface area contributed by atoms with Crippen LogP contribution < -0.4 is 5.32 Å². The van der Waals surface area contributed by atoms with Gasteiger partial charge in [-0.2, -0.15) is 0 Å². The molecule has 1 saturated heterocycles. The van der Waals surface area contributed by atoms with Crippen molar-refractivity contribution in [1.29, 1.82) is 0 Å². The lowest BCUT2D eigenvalue weighted by Crippen LogP contribution is -2.34. The van der Waals surface area contributed by atoms with E-state index in [0.717, 1.165) is 25.3 Å². The zero-order valence-corrected chi connectivity index (χ0v) is 11.7. The first-order valence-corrected chi connectivity index (χ1v) is 7.43. The Hall–Kier alpha value is -0.160. The maximum absolute atomic E-state index is 5.46. The average molecular weight is 256 g/mol. The van der Waals surface area contributed by atoms with Crippen molar-refractivity contribution in [2.75, 3.05) is 46.6 Å². The largest absolute Gasteiger partial charge is 0.382 e. The van der Waals surface area contributed by atoms with E-state index in [-0.39, 0.29) is 0 Å². The van der Waals surface area contributed by atoms with Gasteiger partial charge in [-0.05, 0) is 45.2 Å². The SMILES string of the molecule is COCCOCCCCN1CCC(NC2CC2)C1. The van der Waals surface area contributed by atoms with Gasteiger partial charge in [0.15, 0.2) is 0 Å². The summed E-state index contributed by atoms with van der Waals surface area (Å²) in [5.74, 6) is 0. The first-order chi connectivity index (χ1) is 8.88. The second kappa shape index (κ2) is 8.10. The number of nitrogens with one attached hydrogen (secondary N) is 1. The number of hydrogen-bond acceptors (Lipinski definition) is 4. The summed E-state index contributed by atoms with van der Waals surface area (Å²) in [5.41, 5.74) is 0. The van der Waals surface area contributed by atoms with Gasteiger partial charge in [-0.1, -0.05) is 0 Å². The molecule has 2 rings (SSSR count). The number of hydrogen-bond donors (Lipinski definition) is 1. The molecule has 0 spiro atoms.